The number of thioether (sulfide) groups is 1. The van der Waals surface area contributed by atoms with Crippen molar-refractivity contribution in [3.05, 3.63) is 52.5 Å². The number of nitrogens with two attached hydrogens (primary N) is 1. The van der Waals surface area contributed by atoms with E-state index < -0.39 is 0 Å². The smallest absolute Gasteiger partial charge is 0.107 e. The van der Waals surface area contributed by atoms with Gasteiger partial charge in [0.15, 0.2) is 0 Å². The fraction of sp³-hybridized carbons (Fsp3) is 0.188. The molecule has 0 saturated carbocycles. The molecule has 110 valence electrons. The summed E-state index contributed by atoms with van der Waals surface area (Å²) in [5.74, 6) is 0.968. The summed E-state index contributed by atoms with van der Waals surface area (Å²) in [4.78, 5) is 1.49. The summed E-state index contributed by atoms with van der Waals surface area (Å²) in [7, 11) is 0. The van der Waals surface area contributed by atoms with Gasteiger partial charge in [-0.1, -0.05) is 42.9 Å². The van der Waals surface area contributed by atoms with Crippen molar-refractivity contribution in [2.45, 2.75) is 18.7 Å². The van der Waals surface area contributed by atoms with Gasteiger partial charge in [0.2, 0.25) is 0 Å². The van der Waals surface area contributed by atoms with Crippen LogP contribution in [-0.2, 0) is 0 Å². The van der Waals surface area contributed by atoms with Gasteiger partial charge >= 0.3 is 0 Å². The highest BCUT2D eigenvalue weighted by molar-refractivity contribution is 7.99. The number of aryl methyl sites for hydroxylation is 1. The fourth-order valence-corrected chi connectivity index (χ4v) is 3.31. The summed E-state index contributed by atoms with van der Waals surface area (Å²) >= 11 is 13.1. The second-order valence-electron chi connectivity index (χ2n) is 4.56. The Kier molecular flexibility index (Phi) is 5.51. The number of anilines is 2. The van der Waals surface area contributed by atoms with E-state index in [-0.39, 0.29) is 0 Å². The van der Waals surface area contributed by atoms with Crippen LogP contribution < -0.4 is 11.1 Å². The van der Waals surface area contributed by atoms with Crippen LogP contribution in [0.2, 0.25) is 5.02 Å². The van der Waals surface area contributed by atoms with Crippen molar-refractivity contribution in [3.8, 4) is 0 Å². The predicted octanol–water partition coefficient (Wildman–Crippen LogP) is 5.14. The first kappa shape index (κ1) is 16.1. The Balaban J connectivity index is 2.41. The molecule has 0 unspecified atom stereocenters. The maximum absolute atomic E-state index is 6.17. The topological polar surface area (TPSA) is 38.0 Å². The lowest BCUT2D eigenvalue weighted by molar-refractivity contribution is 1.37. The molecule has 2 rings (SSSR count). The highest BCUT2D eigenvalue weighted by atomic mass is 35.5. The molecule has 0 aliphatic rings. The summed E-state index contributed by atoms with van der Waals surface area (Å²) in [5, 5.41) is 4.09. The lowest BCUT2D eigenvalue weighted by Crippen LogP contribution is -2.13. The van der Waals surface area contributed by atoms with Gasteiger partial charge in [-0.2, -0.15) is 0 Å². The Hall–Kier alpha value is -1.23. The average Bonchev–Trinajstić information content (AvgIpc) is 2.43. The molecular formula is C16H17ClN2S2. The molecule has 0 aliphatic heterocycles. The van der Waals surface area contributed by atoms with Crippen LogP contribution in [0.15, 0.2) is 41.3 Å². The number of benzene rings is 2. The molecule has 0 aromatic heterocycles. The van der Waals surface area contributed by atoms with E-state index in [1.54, 1.807) is 11.8 Å². The first-order valence-corrected chi connectivity index (χ1v) is 8.39. The zero-order valence-corrected chi connectivity index (χ0v) is 14.3. The summed E-state index contributed by atoms with van der Waals surface area (Å²) in [6.07, 6.45) is 0. The van der Waals surface area contributed by atoms with E-state index in [1.807, 2.05) is 43.3 Å². The largest absolute Gasteiger partial charge is 0.389 e. The van der Waals surface area contributed by atoms with E-state index in [0.29, 0.717) is 4.99 Å². The molecule has 0 radical (unpaired) electrons. The lowest BCUT2D eigenvalue weighted by Gasteiger charge is -2.15. The van der Waals surface area contributed by atoms with E-state index >= 15 is 0 Å². The highest BCUT2D eigenvalue weighted by Crippen LogP contribution is 2.31. The molecule has 0 bridgehead atoms. The number of nitrogens with one attached hydrogen (secondary N) is 1. The minimum atomic E-state index is 0.396. The molecule has 5 heteroatoms. The number of halogens is 1. The first-order chi connectivity index (χ1) is 10.0. The van der Waals surface area contributed by atoms with Crippen LogP contribution in [-0.4, -0.2) is 10.7 Å². The number of hydrogen-bond donors (Lipinski definition) is 2. The van der Waals surface area contributed by atoms with Crippen LogP contribution in [0.25, 0.3) is 0 Å². The van der Waals surface area contributed by atoms with Gasteiger partial charge in [0, 0.05) is 26.9 Å². The second kappa shape index (κ2) is 7.16. The molecular weight excluding hydrogens is 320 g/mol. The molecule has 0 aliphatic carbocycles. The number of rotatable bonds is 5. The van der Waals surface area contributed by atoms with Crippen molar-refractivity contribution < 1.29 is 0 Å². The monoisotopic (exact) mass is 336 g/mol. The van der Waals surface area contributed by atoms with Crippen LogP contribution in [0.5, 0.6) is 0 Å². The average molecular weight is 337 g/mol. The Bertz CT molecular complexity index is 671. The lowest BCUT2D eigenvalue weighted by atomic mass is 10.1. The van der Waals surface area contributed by atoms with Crippen molar-refractivity contribution in [2.75, 3.05) is 11.1 Å². The van der Waals surface area contributed by atoms with Crippen LogP contribution in [0.1, 0.15) is 18.1 Å². The van der Waals surface area contributed by atoms with Gasteiger partial charge in [-0.15, -0.1) is 11.8 Å². The minimum Gasteiger partial charge on any atom is -0.389 e. The normalized spacial score (nSPS) is 10.4. The molecule has 3 N–H and O–H groups in total. The summed E-state index contributed by atoms with van der Waals surface area (Å²) in [5.41, 5.74) is 9.66. The van der Waals surface area contributed by atoms with E-state index in [1.165, 1.54) is 0 Å². The number of thiocarbonyl (C=S) groups is 1. The van der Waals surface area contributed by atoms with E-state index in [0.717, 1.165) is 38.2 Å². The Morgan fingerprint density at radius 3 is 2.71 bits per heavy atom. The third-order valence-electron chi connectivity index (χ3n) is 3.02. The van der Waals surface area contributed by atoms with Gasteiger partial charge in [0.05, 0.1) is 0 Å². The first-order valence-electron chi connectivity index (χ1n) is 6.61. The molecule has 0 spiro atoms. The van der Waals surface area contributed by atoms with Gasteiger partial charge in [-0.25, -0.2) is 0 Å². The standard InChI is InChI=1S/C16H17ClN2S2/c1-3-21-14-6-4-5-13(15(14)16(18)20)19-11-8-7-10(2)12(17)9-11/h4-9,19H,3H2,1-2H3,(H2,18,20). The van der Waals surface area contributed by atoms with Crippen LogP contribution >= 0.6 is 35.6 Å². The van der Waals surface area contributed by atoms with Crippen molar-refractivity contribution in [2.24, 2.45) is 5.73 Å². The number of hydrogen-bond acceptors (Lipinski definition) is 3. The molecule has 0 amide bonds. The summed E-state index contributed by atoms with van der Waals surface area (Å²) in [6, 6.07) is 11.9. The van der Waals surface area contributed by atoms with Crippen molar-refractivity contribution in [3.63, 3.8) is 0 Å². The fourth-order valence-electron chi connectivity index (χ4n) is 1.99. The molecule has 0 saturated heterocycles. The maximum Gasteiger partial charge on any atom is 0.107 e. The predicted molar refractivity (Wildman–Crippen MR) is 98.2 cm³/mol. The Morgan fingerprint density at radius 2 is 2.10 bits per heavy atom. The van der Waals surface area contributed by atoms with Gasteiger partial charge in [-0.05, 0) is 42.5 Å². The van der Waals surface area contributed by atoms with Gasteiger partial charge < -0.3 is 11.1 Å². The van der Waals surface area contributed by atoms with E-state index in [2.05, 4.69) is 12.2 Å². The molecule has 0 heterocycles. The van der Waals surface area contributed by atoms with E-state index in [4.69, 9.17) is 29.6 Å². The Labute approximate surface area is 140 Å². The molecule has 2 nitrogen and oxygen atoms in total. The SMILES string of the molecule is CCSc1cccc(Nc2ccc(C)c(Cl)c2)c1C(N)=S. The van der Waals surface area contributed by atoms with Gasteiger partial charge in [0.25, 0.3) is 0 Å². The van der Waals surface area contributed by atoms with Crippen molar-refractivity contribution in [1.82, 2.24) is 0 Å². The third kappa shape index (κ3) is 3.90. The summed E-state index contributed by atoms with van der Waals surface area (Å²) < 4.78 is 0. The molecule has 0 fully saturated rings. The zero-order valence-electron chi connectivity index (χ0n) is 11.9. The molecule has 0 atom stereocenters. The van der Waals surface area contributed by atoms with Crippen LogP contribution in [0.4, 0.5) is 11.4 Å². The minimum absolute atomic E-state index is 0.396. The van der Waals surface area contributed by atoms with Crippen molar-refractivity contribution >= 4 is 51.9 Å². The van der Waals surface area contributed by atoms with Crippen LogP contribution in [0, 0.1) is 6.92 Å². The quantitative estimate of drug-likeness (QED) is 0.585. The highest BCUT2D eigenvalue weighted by Gasteiger charge is 2.11. The van der Waals surface area contributed by atoms with Gasteiger partial charge in [0.1, 0.15) is 4.99 Å². The molecule has 21 heavy (non-hydrogen) atoms. The second-order valence-corrected chi connectivity index (χ2v) is 6.72. The third-order valence-corrected chi connectivity index (χ3v) is 4.57. The zero-order chi connectivity index (χ0) is 15.4. The summed E-state index contributed by atoms with van der Waals surface area (Å²) in [6.45, 7) is 4.08. The molecule has 2 aromatic carbocycles. The van der Waals surface area contributed by atoms with Gasteiger partial charge in [-0.3, -0.25) is 0 Å². The maximum atomic E-state index is 6.17. The van der Waals surface area contributed by atoms with E-state index in [9.17, 15) is 0 Å². The Morgan fingerprint density at radius 1 is 1.33 bits per heavy atom. The molecule has 2 aromatic rings. The van der Waals surface area contributed by atoms with Crippen LogP contribution in [0.3, 0.4) is 0 Å². The van der Waals surface area contributed by atoms with Crippen molar-refractivity contribution in [1.29, 1.82) is 0 Å².